The van der Waals surface area contributed by atoms with Crippen molar-refractivity contribution in [1.82, 2.24) is 0 Å². The van der Waals surface area contributed by atoms with Crippen LogP contribution in [0.1, 0.15) is 99.5 Å². The standard InChI is InChI=1S/C13H18O.C13H20/c1-3-4-5-6-13(14)12-9-7-11(2)8-10-12;1-3-8-12(9-4-2)13-10-6-5-7-11-13/h7-10H,3-6H2,1-2H3;5-7,10-12H,3-4,8-9H2,1-2H3. The van der Waals surface area contributed by atoms with E-state index in [9.17, 15) is 4.79 Å². The zero-order chi connectivity index (χ0) is 19.9. The molecular weight excluding hydrogens is 328 g/mol. The molecule has 1 nitrogen and oxygen atoms in total. The van der Waals surface area contributed by atoms with E-state index in [1.165, 1.54) is 43.2 Å². The molecular formula is C26H38O. The first-order valence-corrected chi connectivity index (χ1v) is 10.8. The minimum Gasteiger partial charge on any atom is -0.294 e. The SMILES string of the molecule is CCCC(CCC)c1ccccc1.CCCCCC(=O)c1ccc(C)cc1. The average Bonchev–Trinajstić information content (AvgIpc) is 2.70. The van der Waals surface area contributed by atoms with Crippen LogP contribution < -0.4 is 0 Å². The monoisotopic (exact) mass is 366 g/mol. The highest BCUT2D eigenvalue weighted by atomic mass is 16.1. The Morgan fingerprint density at radius 1 is 0.778 bits per heavy atom. The Morgan fingerprint density at radius 3 is 1.89 bits per heavy atom. The van der Waals surface area contributed by atoms with Crippen LogP contribution in [0.3, 0.4) is 0 Å². The smallest absolute Gasteiger partial charge is 0.162 e. The summed E-state index contributed by atoms with van der Waals surface area (Å²) in [5, 5.41) is 0. The molecule has 0 saturated carbocycles. The molecule has 0 spiro atoms. The van der Waals surface area contributed by atoms with Crippen LogP contribution in [0.2, 0.25) is 0 Å². The molecule has 148 valence electrons. The minimum atomic E-state index is 0.276. The molecule has 0 aliphatic rings. The van der Waals surface area contributed by atoms with Crippen LogP contribution >= 0.6 is 0 Å². The lowest BCUT2D eigenvalue weighted by molar-refractivity contribution is 0.0979. The molecule has 0 unspecified atom stereocenters. The molecule has 2 aromatic rings. The number of carbonyl (C=O) groups excluding carboxylic acids is 1. The molecule has 0 radical (unpaired) electrons. The van der Waals surface area contributed by atoms with Crippen molar-refractivity contribution in [3.8, 4) is 0 Å². The molecule has 0 aromatic heterocycles. The summed E-state index contributed by atoms with van der Waals surface area (Å²) < 4.78 is 0. The number of hydrogen-bond donors (Lipinski definition) is 0. The number of benzene rings is 2. The van der Waals surface area contributed by atoms with Gasteiger partial charge in [-0.05, 0) is 37.7 Å². The number of unbranched alkanes of at least 4 members (excludes halogenated alkanes) is 2. The van der Waals surface area contributed by atoms with Crippen molar-refractivity contribution in [2.45, 2.75) is 85.0 Å². The van der Waals surface area contributed by atoms with E-state index in [2.05, 4.69) is 51.1 Å². The summed E-state index contributed by atoms with van der Waals surface area (Å²) in [5.41, 5.74) is 3.58. The summed E-state index contributed by atoms with van der Waals surface area (Å²) in [6, 6.07) is 18.7. The van der Waals surface area contributed by atoms with Gasteiger partial charge in [-0.25, -0.2) is 0 Å². The molecule has 1 heteroatoms. The Labute approximate surface area is 167 Å². The van der Waals surface area contributed by atoms with Gasteiger partial charge in [0.2, 0.25) is 0 Å². The second-order valence-electron chi connectivity index (χ2n) is 7.43. The van der Waals surface area contributed by atoms with Gasteiger partial charge in [-0.15, -0.1) is 0 Å². The second kappa shape index (κ2) is 14.2. The van der Waals surface area contributed by atoms with E-state index in [0.717, 1.165) is 24.3 Å². The van der Waals surface area contributed by atoms with Crippen LogP contribution in [0.25, 0.3) is 0 Å². The molecule has 0 saturated heterocycles. The fraction of sp³-hybridized carbons (Fsp3) is 0.500. The summed E-state index contributed by atoms with van der Waals surface area (Å²) in [6.45, 7) is 8.72. The number of aryl methyl sites for hydroxylation is 1. The number of Topliss-reactive ketones (excluding diaryl/α,β-unsaturated/α-hetero) is 1. The highest BCUT2D eigenvalue weighted by molar-refractivity contribution is 5.96. The zero-order valence-corrected chi connectivity index (χ0v) is 17.8. The minimum absolute atomic E-state index is 0.276. The fourth-order valence-corrected chi connectivity index (χ4v) is 3.32. The van der Waals surface area contributed by atoms with Crippen molar-refractivity contribution in [1.29, 1.82) is 0 Å². The molecule has 2 aromatic carbocycles. The largest absolute Gasteiger partial charge is 0.294 e. The molecule has 0 fully saturated rings. The molecule has 0 atom stereocenters. The highest BCUT2D eigenvalue weighted by Gasteiger charge is 2.08. The van der Waals surface area contributed by atoms with E-state index in [1.807, 2.05) is 31.2 Å². The van der Waals surface area contributed by atoms with E-state index in [1.54, 1.807) is 0 Å². The van der Waals surface area contributed by atoms with Crippen LogP contribution in [0.5, 0.6) is 0 Å². The van der Waals surface area contributed by atoms with E-state index >= 15 is 0 Å². The van der Waals surface area contributed by atoms with Gasteiger partial charge in [-0.1, -0.05) is 107 Å². The highest BCUT2D eigenvalue weighted by Crippen LogP contribution is 2.25. The lowest BCUT2D eigenvalue weighted by Gasteiger charge is -2.15. The van der Waals surface area contributed by atoms with Gasteiger partial charge in [0.25, 0.3) is 0 Å². The number of ketones is 1. The van der Waals surface area contributed by atoms with Gasteiger partial charge in [-0.2, -0.15) is 0 Å². The maximum Gasteiger partial charge on any atom is 0.162 e. The Bertz CT molecular complexity index is 606. The summed E-state index contributed by atoms with van der Waals surface area (Å²) in [6.07, 6.45) is 9.27. The van der Waals surface area contributed by atoms with E-state index in [-0.39, 0.29) is 5.78 Å². The third kappa shape index (κ3) is 9.56. The van der Waals surface area contributed by atoms with Crippen molar-refractivity contribution >= 4 is 5.78 Å². The first-order valence-electron chi connectivity index (χ1n) is 10.8. The third-order valence-corrected chi connectivity index (χ3v) is 4.93. The van der Waals surface area contributed by atoms with Crippen molar-refractivity contribution < 1.29 is 4.79 Å². The molecule has 2 rings (SSSR count). The van der Waals surface area contributed by atoms with Crippen molar-refractivity contribution in [3.63, 3.8) is 0 Å². The van der Waals surface area contributed by atoms with Crippen molar-refractivity contribution in [2.75, 3.05) is 0 Å². The van der Waals surface area contributed by atoms with Crippen LogP contribution in [-0.4, -0.2) is 5.78 Å². The first kappa shape index (κ1) is 23.1. The Morgan fingerprint density at radius 2 is 1.37 bits per heavy atom. The lowest BCUT2D eigenvalue weighted by Crippen LogP contribution is -1.98. The number of carbonyl (C=O) groups is 1. The topological polar surface area (TPSA) is 17.1 Å². The van der Waals surface area contributed by atoms with Gasteiger partial charge < -0.3 is 0 Å². The van der Waals surface area contributed by atoms with Crippen molar-refractivity contribution in [2.24, 2.45) is 0 Å². The van der Waals surface area contributed by atoms with Gasteiger partial charge in [0.1, 0.15) is 0 Å². The van der Waals surface area contributed by atoms with Gasteiger partial charge in [0, 0.05) is 12.0 Å². The Hall–Kier alpha value is -1.89. The second-order valence-corrected chi connectivity index (χ2v) is 7.43. The molecule has 0 amide bonds. The van der Waals surface area contributed by atoms with Gasteiger partial charge >= 0.3 is 0 Å². The Kier molecular flexibility index (Phi) is 12.2. The quantitative estimate of drug-likeness (QED) is 0.306. The van der Waals surface area contributed by atoms with Crippen LogP contribution in [-0.2, 0) is 0 Å². The molecule has 0 bridgehead atoms. The molecule has 0 heterocycles. The van der Waals surface area contributed by atoms with E-state index < -0.39 is 0 Å². The predicted molar refractivity (Wildman–Crippen MR) is 119 cm³/mol. The fourth-order valence-electron chi connectivity index (χ4n) is 3.32. The molecule has 0 N–H and O–H groups in total. The summed E-state index contributed by atoms with van der Waals surface area (Å²) >= 11 is 0. The first-order chi connectivity index (χ1) is 13.1. The van der Waals surface area contributed by atoms with Crippen LogP contribution in [0.4, 0.5) is 0 Å². The third-order valence-electron chi connectivity index (χ3n) is 4.93. The van der Waals surface area contributed by atoms with Crippen LogP contribution in [0, 0.1) is 6.92 Å². The van der Waals surface area contributed by atoms with Gasteiger partial charge in [-0.3, -0.25) is 4.79 Å². The van der Waals surface area contributed by atoms with Gasteiger partial charge in [0.15, 0.2) is 5.78 Å². The molecule has 0 aliphatic heterocycles. The summed E-state index contributed by atoms with van der Waals surface area (Å²) in [4.78, 5) is 11.6. The normalized spacial score (nSPS) is 10.4. The molecule has 0 aliphatic carbocycles. The van der Waals surface area contributed by atoms with Crippen molar-refractivity contribution in [3.05, 3.63) is 71.3 Å². The van der Waals surface area contributed by atoms with Crippen LogP contribution in [0.15, 0.2) is 54.6 Å². The lowest BCUT2D eigenvalue weighted by atomic mass is 9.91. The summed E-state index contributed by atoms with van der Waals surface area (Å²) in [5.74, 6) is 1.06. The zero-order valence-electron chi connectivity index (χ0n) is 17.8. The van der Waals surface area contributed by atoms with E-state index in [4.69, 9.17) is 0 Å². The summed E-state index contributed by atoms with van der Waals surface area (Å²) in [7, 11) is 0. The maximum absolute atomic E-state index is 11.6. The maximum atomic E-state index is 11.6. The average molecular weight is 367 g/mol. The Balaban J connectivity index is 0.000000271. The van der Waals surface area contributed by atoms with E-state index in [0.29, 0.717) is 6.42 Å². The number of rotatable bonds is 10. The number of hydrogen-bond acceptors (Lipinski definition) is 1. The molecule has 27 heavy (non-hydrogen) atoms. The predicted octanol–water partition coefficient (Wildman–Crippen LogP) is 8.13. The van der Waals surface area contributed by atoms with Gasteiger partial charge in [0.05, 0.1) is 0 Å².